The third-order valence-electron chi connectivity index (χ3n) is 3.95. The topological polar surface area (TPSA) is 75.6 Å². The summed E-state index contributed by atoms with van der Waals surface area (Å²) in [6.45, 7) is 4.45. The number of H-pyrrole nitrogens is 1. The number of aromatic nitrogens is 4. The molecule has 0 unspecified atom stereocenters. The van der Waals surface area contributed by atoms with Crippen molar-refractivity contribution in [3.05, 3.63) is 59.0 Å². The fourth-order valence-corrected chi connectivity index (χ4v) is 2.30. The molecule has 0 saturated carbocycles. The van der Waals surface area contributed by atoms with Gasteiger partial charge in [-0.15, -0.1) is 0 Å². The second-order valence-electron chi connectivity index (χ2n) is 5.59. The van der Waals surface area contributed by atoms with E-state index in [1.807, 2.05) is 45.2 Å². The van der Waals surface area contributed by atoms with E-state index in [0.29, 0.717) is 12.2 Å². The van der Waals surface area contributed by atoms with Crippen LogP contribution in [0.5, 0.6) is 0 Å². The Bertz CT molecular complexity index is 829. The predicted octanol–water partition coefficient (Wildman–Crippen LogP) is 2.36. The minimum absolute atomic E-state index is 0.181. The molecule has 2 aromatic heterocycles. The van der Waals surface area contributed by atoms with Crippen LogP contribution in [-0.4, -0.2) is 25.9 Å². The van der Waals surface area contributed by atoms with Gasteiger partial charge in [0, 0.05) is 30.4 Å². The van der Waals surface area contributed by atoms with Crippen molar-refractivity contribution in [1.82, 2.24) is 25.3 Å². The first-order valence-corrected chi connectivity index (χ1v) is 7.42. The summed E-state index contributed by atoms with van der Waals surface area (Å²) in [5.41, 5.74) is 5.41. The van der Waals surface area contributed by atoms with E-state index >= 15 is 0 Å². The van der Waals surface area contributed by atoms with Gasteiger partial charge in [0.2, 0.25) is 0 Å². The number of aryl methyl sites for hydroxylation is 2. The molecule has 0 bridgehead atoms. The summed E-state index contributed by atoms with van der Waals surface area (Å²) in [6, 6.07) is 9.79. The van der Waals surface area contributed by atoms with Gasteiger partial charge in [-0.05, 0) is 19.9 Å². The van der Waals surface area contributed by atoms with E-state index in [0.717, 1.165) is 22.5 Å². The Labute approximate surface area is 134 Å². The van der Waals surface area contributed by atoms with E-state index in [2.05, 4.69) is 20.6 Å². The number of nitrogens with one attached hydrogen (secondary N) is 2. The van der Waals surface area contributed by atoms with Gasteiger partial charge in [0.15, 0.2) is 0 Å². The molecule has 3 rings (SSSR count). The number of benzene rings is 1. The maximum absolute atomic E-state index is 12.2. The summed E-state index contributed by atoms with van der Waals surface area (Å²) < 4.78 is 1.78. The standard InChI is InChI=1S/C17H19N5O/c1-11-4-6-13(7-5-11)15-8-16(21-20-15)17(23)18-9-14-10-19-22(3)12(14)2/h4-8,10H,9H2,1-3H3,(H,18,23)(H,20,21). The van der Waals surface area contributed by atoms with E-state index in [1.165, 1.54) is 5.56 Å². The van der Waals surface area contributed by atoms with Crippen LogP contribution in [0.4, 0.5) is 0 Å². The first-order valence-electron chi connectivity index (χ1n) is 7.42. The minimum Gasteiger partial charge on any atom is -0.347 e. The van der Waals surface area contributed by atoms with Crippen LogP contribution in [0.2, 0.25) is 0 Å². The van der Waals surface area contributed by atoms with Crippen LogP contribution in [0.1, 0.15) is 27.3 Å². The maximum atomic E-state index is 12.2. The third kappa shape index (κ3) is 3.15. The van der Waals surface area contributed by atoms with Gasteiger partial charge in [0.05, 0.1) is 11.9 Å². The number of hydrogen-bond acceptors (Lipinski definition) is 3. The van der Waals surface area contributed by atoms with Crippen molar-refractivity contribution in [2.75, 3.05) is 0 Å². The van der Waals surface area contributed by atoms with Crippen molar-refractivity contribution in [2.24, 2.45) is 7.05 Å². The van der Waals surface area contributed by atoms with Crippen LogP contribution in [-0.2, 0) is 13.6 Å². The quantitative estimate of drug-likeness (QED) is 0.777. The summed E-state index contributed by atoms with van der Waals surface area (Å²) >= 11 is 0. The van der Waals surface area contributed by atoms with Crippen LogP contribution in [0, 0.1) is 13.8 Å². The maximum Gasteiger partial charge on any atom is 0.269 e. The summed E-state index contributed by atoms with van der Waals surface area (Å²) in [7, 11) is 1.88. The SMILES string of the molecule is Cc1ccc(-c2cc(C(=O)NCc3cnn(C)c3C)[nH]n2)cc1. The average molecular weight is 309 g/mol. The third-order valence-corrected chi connectivity index (χ3v) is 3.95. The number of hydrogen-bond donors (Lipinski definition) is 2. The highest BCUT2D eigenvalue weighted by molar-refractivity contribution is 5.93. The summed E-state index contributed by atoms with van der Waals surface area (Å²) in [6.07, 6.45) is 1.76. The summed E-state index contributed by atoms with van der Waals surface area (Å²) in [5, 5.41) is 14.0. The highest BCUT2D eigenvalue weighted by Crippen LogP contribution is 2.18. The molecule has 0 fully saturated rings. The molecule has 0 atom stereocenters. The lowest BCUT2D eigenvalue weighted by Gasteiger charge is -2.03. The Kier molecular flexibility index (Phi) is 3.97. The normalized spacial score (nSPS) is 10.7. The molecule has 0 aliphatic carbocycles. The highest BCUT2D eigenvalue weighted by atomic mass is 16.1. The van der Waals surface area contributed by atoms with Crippen molar-refractivity contribution in [3.8, 4) is 11.3 Å². The van der Waals surface area contributed by atoms with E-state index in [4.69, 9.17) is 0 Å². The fourth-order valence-electron chi connectivity index (χ4n) is 2.30. The molecule has 6 heteroatoms. The summed E-state index contributed by atoms with van der Waals surface area (Å²) in [5.74, 6) is -0.181. The van der Waals surface area contributed by atoms with Gasteiger partial charge >= 0.3 is 0 Å². The minimum atomic E-state index is -0.181. The fraction of sp³-hybridized carbons (Fsp3) is 0.235. The van der Waals surface area contributed by atoms with Gasteiger partial charge in [-0.25, -0.2) is 0 Å². The predicted molar refractivity (Wildman–Crippen MR) is 87.9 cm³/mol. The second kappa shape index (κ2) is 6.08. The molecule has 2 heterocycles. The van der Waals surface area contributed by atoms with E-state index in [-0.39, 0.29) is 5.91 Å². The van der Waals surface area contributed by atoms with E-state index in [1.54, 1.807) is 16.9 Å². The monoisotopic (exact) mass is 309 g/mol. The van der Waals surface area contributed by atoms with Crippen molar-refractivity contribution in [2.45, 2.75) is 20.4 Å². The van der Waals surface area contributed by atoms with Crippen LogP contribution >= 0.6 is 0 Å². The zero-order valence-electron chi connectivity index (χ0n) is 13.4. The molecule has 3 aromatic rings. The van der Waals surface area contributed by atoms with Crippen LogP contribution in [0.3, 0.4) is 0 Å². The van der Waals surface area contributed by atoms with Crippen molar-refractivity contribution in [1.29, 1.82) is 0 Å². The number of nitrogens with zero attached hydrogens (tertiary/aromatic N) is 3. The number of carbonyl (C=O) groups is 1. The van der Waals surface area contributed by atoms with Crippen LogP contribution < -0.4 is 5.32 Å². The Balaban J connectivity index is 1.69. The number of aromatic amines is 1. The van der Waals surface area contributed by atoms with Crippen LogP contribution in [0.25, 0.3) is 11.3 Å². The van der Waals surface area contributed by atoms with Crippen molar-refractivity contribution in [3.63, 3.8) is 0 Å². The van der Waals surface area contributed by atoms with E-state index in [9.17, 15) is 4.79 Å². The van der Waals surface area contributed by atoms with E-state index < -0.39 is 0 Å². The summed E-state index contributed by atoms with van der Waals surface area (Å²) in [4.78, 5) is 12.2. The molecule has 1 aromatic carbocycles. The molecule has 0 spiro atoms. The zero-order chi connectivity index (χ0) is 16.4. The van der Waals surface area contributed by atoms with Gasteiger partial charge in [-0.3, -0.25) is 14.6 Å². The molecular weight excluding hydrogens is 290 g/mol. The zero-order valence-corrected chi connectivity index (χ0v) is 13.4. The van der Waals surface area contributed by atoms with Crippen molar-refractivity contribution < 1.29 is 4.79 Å². The Morgan fingerprint density at radius 3 is 2.65 bits per heavy atom. The number of rotatable bonds is 4. The molecule has 23 heavy (non-hydrogen) atoms. The Hall–Kier alpha value is -2.89. The van der Waals surface area contributed by atoms with Gasteiger partial charge in [0.1, 0.15) is 5.69 Å². The average Bonchev–Trinajstić information content (AvgIpc) is 3.15. The lowest BCUT2D eigenvalue weighted by Crippen LogP contribution is -2.23. The Morgan fingerprint density at radius 1 is 1.26 bits per heavy atom. The first-order chi connectivity index (χ1) is 11.0. The molecule has 0 saturated heterocycles. The van der Waals surface area contributed by atoms with Gasteiger partial charge in [-0.1, -0.05) is 29.8 Å². The highest BCUT2D eigenvalue weighted by Gasteiger charge is 2.12. The molecule has 0 aliphatic heterocycles. The number of amides is 1. The van der Waals surface area contributed by atoms with Crippen LogP contribution in [0.15, 0.2) is 36.5 Å². The molecular formula is C17H19N5O. The lowest BCUT2D eigenvalue weighted by molar-refractivity contribution is 0.0946. The molecule has 0 aliphatic rings. The van der Waals surface area contributed by atoms with Crippen molar-refractivity contribution >= 4 is 5.91 Å². The molecule has 1 amide bonds. The first kappa shape index (κ1) is 15.0. The smallest absolute Gasteiger partial charge is 0.269 e. The molecule has 0 radical (unpaired) electrons. The Morgan fingerprint density at radius 2 is 2.00 bits per heavy atom. The van der Waals surface area contributed by atoms with Gasteiger partial charge < -0.3 is 5.32 Å². The number of carbonyl (C=O) groups excluding carboxylic acids is 1. The molecule has 118 valence electrons. The van der Waals surface area contributed by atoms with Gasteiger partial charge in [0.25, 0.3) is 5.91 Å². The largest absolute Gasteiger partial charge is 0.347 e. The van der Waals surface area contributed by atoms with Gasteiger partial charge in [-0.2, -0.15) is 10.2 Å². The lowest BCUT2D eigenvalue weighted by atomic mass is 10.1. The second-order valence-corrected chi connectivity index (χ2v) is 5.59. The molecule has 2 N–H and O–H groups in total. The molecule has 6 nitrogen and oxygen atoms in total.